The predicted molar refractivity (Wildman–Crippen MR) is 85.9 cm³/mol. The Morgan fingerprint density at radius 2 is 1.85 bits per heavy atom. The number of benzene rings is 1. The molecule has 0 aliphatic carbocycles. The Morgan fingerprint density at radius 3 is 2.55 bits per heavy atom. The summed E-state index contributed by atoms with van der Waals surface area (Å²) in [5.74, 6) is 0. The van der Waals surface area contributed by atoms with Crippen LogP contribution in [0, 0.1) is 0 Å². The topological polar surface area (TPSA) is 12.5 Å². The lowest BCUT2D eigenvalue weighted by molar-refractivity contribution is 0.0346. The molecule has 2 heterocycles. The first-order valence-corrected chi connectivity index (χ1v) is 7.78. The van der Waals surface area contributed by atoms with Crippen molar-refractivity contribution in [2.75, 3.05) is 26.3 Å². The molecule has 3 heteroatoms. The number of nitrogens with zero attached hydrogens (tertiary/aromatic N) is 1. The first-order chi connectivity index (χ1) is 9.85. The van der Waals surface area contributed by atoms with Crippen LogP contribution in [0.15, 0.2) is 43.0 Å². The van der Waals surface area contributed by atoms with Gasteiger partial charge in [0.15, 0.2) is 0 Å². The molecule has 1 saturated heterocycles. The molecule has 0 unspecified atom stereocenters. The van der Waals surface area contributed by atoms with Crippen molar-refractivity contribution < 1.29 is 4.74 Å². The van der Waals surface area contributed by atoms with Crippen molar-refractivity contribution in [1.29, 1.82) is 0 Å². The lowest BCUT2D eigenvalue weighted by atomic mass is 10.1. The van der Waals surface area contributed by atoms with Gasteiger partial charge in [-0.1, -0.05) is 36.9 Å². The van der Waals surface area contributed by atoms with Crippen molar-refractivity contribution in [3.8, 4) is 10.4 Å². The fourth-order valence-corrected chi connectivity index (χ4v) is 3.44. The molecule has 1 fully saturated rings. The lowest BCUT2D eigenvalue weighted by Gasteiger charge is -2.25. The quantitative estimate of drug-likeness (QED) is 0.845. The van der Waals surface area contributed by atoms with E-state index in [1.54, 1.807) is 0 Å². The van der Waals surface area contributed by atoms with E-state index in [2.05, 4.69) is 47.9 Å². The van der Waals surface area contributed by atoms with Gasteiger partial charge in [0, 0.05) is 29.4 Å². The van der Waals surface area contributed by atoms with E-state index >= 15 is 0 Å². The van der Waals surface area contributed by atoms with Gasteiger partial charge in [0.1, 0.15) is 0 Å². The molecule has 20 heavy (non-hydrogen) atoms. The van der Waals surface area contributed by atoms with E-state index in [-0.39, 0.29) is 0 Å². The van der Waals surface area contributed by atoms with Gasteiger partial charge in [0.25, 0.3) is 0 Å². The molecule has 0 saturated carbocycles. The summed E-state index contributed by atoms with van der Waals surface area (Å²) in [5.41, 5.74) is 2.45. The summed E-state index contributed by atoms with van der Waals surface area (Å²) < 4.78 is 5.39. The Balaban J connectivity index is 1.70. The third-order valence-corrected chi connectivity index (χ3v) is 4.69. The Labute approximate surface area is 124 Å². The molecule has 0 amide bonds. The maximum Gasteiger partial charge on any atom is 0.0594 e. The molecule has 3 rings (SSSR count). The highest BCUT2D eigenvalue weighted by Crippen LogP contribution is 2.29. The van der Waals surface area contributed by atoms with E-state index < -0.39 is 0 Å². The monoisotopic (exact) mass is 285 g/mol. The molecule has 1 aromatic carbocycles. The van der Waals surface area contributed by atoms with Gasteiger partial charge in [0.2, 0.25) is 0 Å². The zero-order valence-corrected chi connectivity index (χ0v) is 12.4. The van der Waals surface area contributed by atoms with Crippen LogP contribution in [0.4, 0.5) is 0 Å². The van der Waals surface area contributed by atoms with Crippen LogP contribution in [-0.2, 0) is 11.3 Å². The number of hydrogen-bond donors (Lipinski definition) is 0. The molecule has 0 atom stereocenters. The summed E-state index contributed by atoms with van der Waals surface area (Å²) in [5, 5.41) is 0. The van der Waals surface area contributed by atoms with Gasteiger partial charge in [0.05, 0.1) is 13.2 Å². The second-order valence-electron chi connectivity index (χ2n) is 4.98. The summed E-state index contributed by atoms with van der Waals surface area (Å²) in [4.78, 5) is 5.22. The van der Waals surface area contributed by atoms with Gasteiger partial charge < -0.3 is 4.74 Å². The van der Waals surface area contributed by atoms with Gasteiger partial charge in [-0.3, -0.25) is 4.90 Å². The Bertz CT molecular complexity index is 567. The molecule has 0 N–H and O–H groups in total. The van der Waals surface area contributed by atoms with Crippen LogP contribution in [0.2, 0.25) is 0 Å². The highest BCUT2D eigenvalue weighted by Gasteiger charge is 2.12. The Morgan fingerprint density at radius 1 is 1.10 bits per heavy atom. The second-order valence-corrected chi connectivity index (χ2v) is 6.15. The maximum atomic E-state index is 5.39. The van der Waals surface area contributed by atoms with Crippen molar-refractivity contribution >= 4 is 17.4 Å². The van der Waals surface area contributed by atoms with Crippen molar-refractivity contribution in [3.05, 3.63) is 53.4 Å². The number of rotatable bonds is 4. The van der Waals surface area contributed by atoms with Crippen LogP contribution >= 0.6 is 11.3 Å². The van der Waals surface area contributed by atoms with Gasteiger partial charge in [-0.2, -0.15) is 0 Å². The third-order valence-electron chi connectivity index (χ3n) is 3.58. The van der Waals surface area contributed by atoms with E-state index in [0.29, 0.717) is 0 Å². The van der Waals surface area contributed by atoms with Gasteiger partial charge >= 0.3 is 0 Å². The molecule has 0 spiro atoms. The van der Waals surface area contributed by atoms with Crippen LogP contribution in [0.1, 0.15) is 10.4 Å². The summed E-state index contributed by atoms with van der Waals surface area (Å²) >= 11 is 1.88. The minimum atomic E-state index is 0.862. The van der Waals surface area contributed by atoms with Crippen molar-refractivity contribution in [1.82, 2.24) is 4.90 Å². The minimum Gasteiger partial charge on any atom is -0.379 e. The molecule has 1 aliphatic heterocycles. The molecule has 2 nitrogen and oxygen atoms in total. The van der Waals surface area contributed by atoms with Crippen LogP contribution < -0.4 is 0 Å². The average molecular weight is 285 g/mol. The van der Waals surface area contributed by atoms with Crippen LogP contribution in [0.3, 0.4) is 0 Å². The predicted octanol–water partition coefficient (Wildman–Crippen LogP) is 3.89. The van der Waals surface area contributed by atoms with E-state index in [1.165, 1.54) is 20.9 Å². The largest absolute Gasteiger partial charge is 0.379 e. The maximum absolute atomic E-state index is 5.39. The van der Waals surface area contributed by atoms with E-state index in [0.717, 1.165) is 32.8 Å². The van der Waals surface area contributed by atoms with Gasteiger partial charge in [-0.25, -0.2) is 0 Å². The fraction of sp³-hybridized carbons (Fsp3) is 0.294. The second kappa shape index (κ2) is 6.35. The van der Waals surface area contributed by atoms with Crippen LogP contribution in [0.5, 0.6) is 0 Å². The molecule has 1 aromatic heterocycles. The number of morpholine rings is 1. The summed E-state index contributed by atoms with van der Waals surface area (Å²) in [6.07, 6.45) is 1.88. The lowest BCUT2D eigenvalue weighted by Crippen LogP contribution is -2.35. The summed E-state index contributed by atoms with van der Waals surface area (Å²) in [6, 6.07) is 13.0. The van der Waals surface area contributed by atoms with E-state index in [1.807, 2.05) is 17.4 Å². The normalized spacial score (nSPS) is 16.2. The highest BCUT2D eigenvalue weighted by molar-refractivity contribution is 7.15. The molecule has 2 aromatic rings. The summed E-state index contributed by atoms with van der Waals surface area (Å²) in [7, 11) is 0. The van der Waals surface area contributed by atoms with Crippen molar-refractivity contribution in [2.24, 2.45) is 0 Å². The zero-order chi connectivity index (χ0) is 13.8. The molecular formula is C17H19NOS. The third kappa shape index (κ3) is 3.18. The standard InChI is InChI=1S/C17H19NOS/c1-2-14-3-5-15(6-4-14)17-8-7-16(20-17)13-18-9-11-19-12-10-18/h2-8H,1,9-13H2. The molecule has 104 valence electrons. The van der Waals surface area contributed by atoms with Crippen molar-refractivity contribution in [3.63, 3.8) is 0 Å². The van der Waals surface area contributed by atoms with E-state index in [9.17, 15) is 0 Å². The molecule has 0 radical (unpaired) electrons. The minimum absolute atomic E-state index is 0.862. The Kier molecular flexibility index (Phi) is 4.31. The highest BCUT2D eigenvalue weighted by atomic mass is 32.1. The summed E-state index contributed by atoms with van der Waals surface area (Å²) in [6.45, 7) is 8.64. The number of thiophene rings is 1. The molecular weight excluding hydrogens is 266 g/mol. The van der Waals surface area contributed by atoms with Crippen LogP contribution in [-0.4, -0.2) is 31.2 Å². The first kappa shape index (κ1) is 13.6. The number of ether oxygens (including phenoxy) is 1. The number of hydrogen-bond acceptors (Lipinski definition) is 3. The zero-order valence-electron chi connectivity index (χ0n) is 11.5. The van der Waals surface area contributed by atoms with Crippen LogP contribution in [0.25, 0.3) is 16.5 Å². The van der Waals surface area contributed by atoms with Crippen molar-refractivity contribution in [2.45, 2.75) is 6.54 Å². The molecule has 1 aliphatic rings. The fourth-order valence-electron chi connectivity index (χ4n) is 2.38. The average Bonchev–Trinajstić information content (AvgIpc) is 2.97. The SMILES string of the molecule is C=Cc1ccc(-c2ccc(CN3CCOCC3)s2)cc1. The smallest absolute Gasteiger partial charge is 0.0594 e. The van der Waals surface area contributed by atoms with Gasteiger partial charge in [-0.05, 0) is 23.3 Å². The first-order valence-electron chi connectivity index (χ1n) is 6.97. The Hall–Kier alpha value is -1.42. The van der Waals surface area contributed by atoms with Gasteiger partial charge in [-0.15, -0.1) is 11.3 Å². The molecule has 0 bridgehead atoms. The van der Waals surface area contributed by atoms with E-state index in [4.69, 9.17) is 4.74 Å².